The van der Waals surface area contributed by atoms with Crippen LogP contribution < -0.4 is 4.74 Å². The van der Waals surface area contributed by atoms with E-state index >= 15 is 0 Å². The lowest BCUT2D eigenvalue weighted by atomic mass is 9.81. The van der Waals surface area contributed by atoms with Crippen molar-refractivity contribution < 1.29 is 19.7 Å². The van der Waals surface area contributed by atoms with Crippen LogP contribution in [-0.4, -0.2) is 23.3 Å². The molecule has 2 atom stereocenters. The molecule has 17 heavy (non-hydrogen) atoms. The summed E-state index contributed by atoms with van der Waals surface area (Å²) in [7, 11) is 1.55. The quantitative estimate of drug-likeness (QED) is 0.823. The number of hydrogen-bond acceptors (Lipinski definition) is 3. The Labute approximate surface area is 101 Å². The lowest BCUT2D eigenvalue weighted by Gasteiger charge is -2.29. The molecule has 1 rings (SSSR count). The molecule has 4 heteroatoms. The summed E-state index contributed by atoms with van der Waals surface area (Å²) in [6, 6.07) is 6.78. The molecule has 0 bridgehead atoms. The molecule has 0 aliphatic rings. The monoisotopic (exact) mass is 238 g/mol. The fourth-order valence-corrected chi connectivity index (χ4v) is 1.94. The van der Waals surface area contributed by atoms with Gasteiger partial charge in [-0.2, -0.15) is 0 Å². The predicted octanol–water partition coefficient (Wildman–Crippen LogP) is 2.01. The fraction of sp³-hybridized carbons (Fsp3) is 0.462. The van der Waals surface area contributed by atoms with Gasteiger partial charge < -0.3 is 14.9 Å². The molecule has 0 heterocycles. The third-order valence-electron chi connectivity index (χ3n) is 3.06. The highest BCUT2D eigenvalue weighted by molar-refractivity contribution is 5.71. The maximum atomic E-state index is 11.1. The van der Waals surface area contributed by atoms with Crippen LogP contribution in [0.1, 0.15) is 25.8 Å². The lowest BCUT2D eigenvalue weighted by molar-refractivity contribution is -0.152. The van der Waals surface area contributed by atoms with E-state index in [9.17, 15) is 9.90 Å². The van der Waals surface area contributed by atoms with Crippen molar-refractivity contribution in [1.82, 2.24) is 0 Å². The molecular formula is C13H18O4. The molecule has 2 N–H and O–H groups in total. The Kier molecular flexibility index (Phi) is 4.12. The van der Waals surface area contributed by atoms with Crippen molar-refractivity contribution in [2.75, 3.05) is 7.11 Å². The summed E-state index contributed by atoms with van der Waals surface area (Å²) in [6.45, 7) is 3.27. The first-order valence-corrected chi connectivity index (χ1v) is 5.53. The van der Waals surface area contributed by atoms with Gasteiger partial charge in [-0.05, 0) is 31.0 Å². The van der Waals surface area contributed by atoms with Crippen LogP contribution in [0.5, 0.6) is 5.75 Å². The van der Waals surface area contributed by atoms with Gasteiger partial charge in [-0.15, -0.1) is 0 Å². The number of methoxy groups -OCH3 is 1. The number of benzene rings is 1. The van der Waals surface area contributed by atoms with E-state index in [-0.39, 0.29) is 0 Å². The summed E-state index contributed by atoms with van der Waals surface area (Å²) >= 11 is 0. The van der Waals surface area contributed by atoms with E-state index in [1.807, 2.05) is 0 Å². The van der Waals surface area contributed by atoms with Crippen LogP contribution in [0, 0.1) is 5.92 Å². The largest absolute Gasteiger partial charge is 0.497 e. The smallest absolute Gasteiger partial charge is 0.309 e. The lowest BCUT2D eigenvalue weighted by Crippen LogP contribution is -2.36. The van der Waals surface area contributed by atoms with Crippen LogP contribution in [0.2, 0.25) is 0 Å². The van der Waals surface area contributed by atoms with Crippen LogP contribution in [0.4, 0.5) is 0 Å². The predicted molar refractivity (Wildman–Crippen MR) is 64.0 cm³/mol. The molecule has 1 aromatic rings. The first-order chi connectivity index (χ1) is 7.93. The van der Waals surface area contributed by atoms with Gasteiger partial charge in [0.1, 0.15) is 11.4 Å². The molecule has 0 amide bonds. The van der Waals surface area contributed by atoms with Gasteiger partial charge >= 0.3 is 5.97 Å². The molecule has 0 saturated carbocycles. The molecular weight excluding hydrogens is 220 g/mol. The Hall–Kier alpha value is -1.55. The minimum Gasteiger partial charge on any atom is -0.497 e. The van der Waals surface area contributed by atoms with Crippen molar-refractivity contribution in [3.05, 3.63) is 29.8 Å². The number of aliphatic carboxylic acids is 1. The normalized spacial score (nSPS) is 16.0. The fourth-order valence-electron chi connectivity index (χ4n) is 1.94. The standard InChI is InChI=1S/C13H18O4/c1-4-11(12(14)15)13(2,16)9-5-7-10(17-3)8-6-9/h5-8,11,16H,4H2,1-3H3,(H,14,15). The van der Waals surface area contributed by atoms with Crippen LogP contribution in [0.25, 0.3) is 0 Å². The molecule has 94 valence electrons. The third kappa shape index (κ3) is 2.77. The molecule has 2 unspecified atom stereocenters. The summed E-state index contributed by atoms with van der Waals surface area (Å²) in [5.74, 6) is -1.14. The second-order valence-electron chi connectivity index (χ2n) is 4.18. The Balaban J connectivity index is 3.06. The third-order valence-corrected chi connectivity index (χ3v) is 3.06. The second-order valence-corrected chi connectivity index (χ2v) is 4.18. The van der Waals surface area contributed by atoms with E-state index in [2.05, 4.69) is 0 Å². The Morgan fingerprint density at radius 3 is 2.29 bits per heavy atom. The summed E-state index contributed by atoms with van der Waals surface area (Å²) in [5, 5.41) is 19.4. The summed E-state index contributed by atoms with van der Waals surface area (Å²) in [5.41, 5.74) is -0.806. The van der Waals surface area contributed by atoms with Crippen molar-refractivity contribution in [2.45, 2.75) is 25.9 Å². The molecule has 0 radical (unpaired) electrons. The van der Waals surface area contributed by atoms with Gasteiger partial charge in [0.05, 0.1) is 13.0 Å². The van der Waals surface area contributed by atoms with E-state index in [0.717, 1.165) is 0 Å². The van der Waals surface area contributed by atoms with Gasteiger partial charge in [-0.3, -0.25) is 4.79 Å². The number of carbonyl (C=O) groups is 1. The number of hydrogen-bond donors (Lipinski definition) is 2. The molecule has 1 aromatic carbocycles. The Bertz CT molecular complexity index is 381. The van der Waals surface area contributed by atoms with E-state index in [1.165, 1.54) is 6.92 Å². The summed E-state index contributed by atoms with van der Waals surface area (Å²) < 4.78 is 5.02. The van der Waals surface area contributed by atoms with Crippen molar-refractivity contribution >= 4 is 5.97 Å². The van der Waals surface area contributed by atoms with E-state index in [4.69, 9.17) is 9.84 Å². The number of carboxylic acids is 1. The van der Waals surface area contributed by atoms with E-state index in [0.29, 0.717) is 17.7 Å². The Morgan fingerprint density at radius 2 is 1.94 bits per heavy atom. The molecule has 0 aromatic heterocycles. The minimum absolute atomic E-state index is 0.369. The second kappa shape index (κ2) is 5.19. The zero-order valence-electron chi connectivity index (χ0n) is 10.3. The summed E-state index contributed by atoms with van der Waals surface area (Å²) in [6.07, 6.45) is 0.369. The molecule has 0 saturated heterocycles. The molecule has 0 fully saturated rings. The van der Waals surface area contributed by atoms with E-state index in [1.54, 1.807) is 38.3 Å². The van der Waals surface area contributed by atoms with Gasteiger partial charge in [-0.25, -0.2) is 0 Å². The van der Waals surface area contributed by atoms with Gasteiger partial charge in [0.2, 0.25) is 0 Å². The van der Waals surface area contributed by atoms with Crippen LogP contribution in [0.15, 0.2) is 24.3 Å². The molecule has 0 spiro atoms. The van der Waals surface area contributed by atoms with E-state index < -0.39 is 17.5 Å². The van der Waals surface area contributed by atoms with Crippen molar-refractivity contribution in [3.63, 3.8) is 0 Å². The average molecular weight is 238 g/mol. The number of ether oxygens (including phenoxy) is 1. The van der Waals surface area contributed by atoms with Crippen LogP contribution in [0.3, 0.4) is 0 Å². The van der Waals surface area contributed by atoms with Crippen LogP contribution in [-0.2, 0) is 10.4 Å². The topological polar surface area (TPSA) is 66.8 Å². The zero-order chi connectivity index (χ0) is 13.1. The number of aliphatic hydroxyl groups is 1. The van der Waals surface area contributed by atoms with Gasteiger partial charge in [-0.1, -0.05) is 19.1 Å². The summed E-state index contributed by atoms with van der Waals surface area (Å²) in [4.78, 5) is 11.1. The van der Waals surface area contributed by atoms with Crippen LogP contribution >= 0.6 is 0 Å². The first-order valence-electron chi connectivity index (χ1n) is 5.53. The zero-order valence-corrected chi connectivity index (χ0v) is 10.3. The SMILES string of the molecule is CCC(C(=O)O)C(C)(O)c1ccc(OC)cc1. The average Bonchev–Trinajstić information content (AvgIpc) is 2.29. The maximum Gasteiger partial charge on any atom is 0.309 e. The highest BCUT2D eigenvalue weighted by Crippen LogP contribution is 2.32. The first kappa shape index (κ1) is 13.5. The maximum absolute atomic E-state index is 11.1. The molecule has 4 nitrogen and oxygen atoms in total. The highest BCUT2D eigenvalue weighted by atomic mass is 16.5. The minimum atomic E-state index is -1.38. The Morgan fingerprint density at radius 1 is 1.41 bits per heavy atom. The number of carboxylic acid groups (broad SMARTS) is 1. The van der Waals surface area contributed by atoms with Gasteiger partial charge in [0.15, 0.2) is 0 Å². The number of rotatable bonds is 5. The van der Waals surface area contributed by atoms with Gasteiger partial charge in [0, 0.05) is 0 Å². The highest BCUT2D eigenvalue weighted by Gasteiger charge is 2.37. The van der Waals surface area contributed by atoms with Gasteiger partial charge in [0.25, 0.3) is 0 Å². The van der Waals surface area contributed by atoms with Crippen molar-refractivity contribution in [2.24, 2.45) is 5.92 Å². The van der Waals surface area contributed by atoms with Crippen molar-refractivity contribution in [3.8, 4) is 5.75 Å². The molecule has 0 aliphatic carbocycles. The van der Waals surface area contributed by atoms with Crippen molar-refractivity contribution in [1.29, 1.82) is 0 Å². The molecule has 0 aliphatic heterocycles.